The molecular weight excluding hydrogens is 252 g/mol. The third-order valence-electron chi connectivity index (χ3n) is 4.97. The molecule has 1 saturated carbocycles. The van der Waals surface area contributed by atoms with Crippen molar-refractivity contribution in [2.45, 2.75) is 71.4 Å². The summed E-state index contributed by atoms with van der Waals surface area (Å²) in [5.74, 6) is 0. The van der Waals surface area contributed by atoms with Gasteiger partial charge in [-0.2, -0.15) is 0 Å². The van der Waals surface area contributed by atoms with Gasteiger partial charge in [-0.3, -0.25) is 0 Å². The van der Waals surface area contributed by atoms with Gasteiger partial charge in [0.05, 0.1) is 6.61 Å². The number of ether oxygens (including phenoxy) is 1. The Bertz CT molecular complexity index is 322. The van der Waals surface area contributed by atoms with E-state index in [0.717, 1.165) is 25.9 Å². The fourth-order valence-corrected chi connectivity index (χ4v) is 3.53. The molecule has 20 heavy (non-hydrogen) atoms. The molecule has 0 aromatic carbocycles. The molecule has 1 aliphatic heterocycles. The van der Waals surface area contributed by atoms with E-state index >= 15 is 0 Å². The third-order valence-corrected chi connectivity index (χ3v) is 4.97. The van der Waals surface area contributed by atoms with E-state index in [1.807, 2.05) is 11.8 Å². The van der Waals surface area contributed by atoms with Gasteiger partial charge in [0, 0.05) is 25.2 Å². The Kier molecular flexibility index (Phi) is 5.30. The van der Waals surface area contributed by atoms with Crippen molar-refractivity contribution in [3.8, 4) is 0 Å². The molecule has 0 aromatic heterocycles. The Balaban J connectivity index is 1.78. The van der Waals surface area contributed by atoms with E-state index in [4.69, 9.17) is 4.74 Å². The molecular formula is C16H30N2O2. The summed E-state index contributed by atoms with van der Waals surface area (Å²) < 4.78 is 5.07. The molecule has 1 N–H and O–H groups in total. The normalized spacial score (nSPS) is 27.4. The summed E-state index contributed by atoms with van der Waals surface area (Å²) >= 11 is 0. The summed E-state index contributed by atoms with van der Waals surface area (Å²) in [6, 6.07) is 1.19. The molecule has 0 bridgehead atoms. The Morgan fingerprint density at radius 3 is 2.55 bits per heavy atom. The smallest absolute Gasteiger partial charge is 0.409 e. The number of rotatable bonds is 3. The lowest BCUT2D eigenvalue weighted by Crippen LogP contribution is -2.52. The van der Waals surface area contributed by atoms with Crippen LogP contribution in [0.3, 0.4) is 0 Å². The summed E-state index contributed by atoms with van der Waals surface area (Å²) in [7, 11) is 0. The molecule has 2 rings (SSSR count). The van der Waals surface area contributed by atoms with Crippen molar-refractivity contribution in [1.29, 1.82) is 0 Å². The molecule has 4 nitrogen and oxygen atoms in total. The fraction of sp³-hybridized carbons (Fsp3) is 0.938. The Morgan fingerprint density at radius 1 is 1.25 bits per heavy atom. The molecule has 2 aliphatic rings. The number of nitrogens with one attached hydrogen (secondary N) is 1. The highest BCUT2D eigenvalue weighted by atomic mass is 16.6. The van der Waals surface area contributed by atoms with Gasteiger partial charge in [0.1, 0.15) is 0 Å². The van der Waals surface area contributed by atoms with Gasteiger partial charge in [-0.25, -0.2) is 4.79 Å². The van der Waals surface area contributed by atoms with Gasteiger partial charge in [0.2, 0.25) is 0 Å². The van der Waals surface area contributed by atoms with E-state index in [1.54, 1.807) is 0 Å². The van der Waals surface area contributed by atoms with E-state index in [2.05, 4.69) is 19.2 Å². The quantitative estimate of drug-likeness (QED) is 0.864. The van der Waals surface area contributed by atoms with E-state index < -0.39 is 0 Å². The van der Waals surface area contributed by atoms with E-state index in [0.29, 0.717) is 24.1 Å². The van der Waals surface area contributed by atoms with Crippen molar-refractivity contribution < 1.29 is 9.53 Å². The second kappa shape index (κ2) is 6.79. The van der Waals surface area contributed by atoms with Crippen molar-refractivity contribution in [2.75, 3.05) is 19.7 Å². The molecule has 4 heteroatoms. The summed E-state index contributed by atoms with van der Waals surface area (Å²) in [5, 5.41) is 3.86. The third kappa shape index (κ3) is 3.87. The average molecular weight is 282 g/mol. The van der Waals surface area contributed by atoms with Crippen LogP contribution in [0.1, 0.15) is 59.3 Å². The van der Waals surface area contributed by atoms with Crippen LogP contribution < -0.4 is 5.32 Å². The number of carbonyl (C=O) groups excluding carboxylic acids is 1. The van der Waals surface area contributed by atoms with Crippen LogP contribution in [0.2, 0.25) is 0 Å². The monoisotopic (exact) mass is 282 g/mol. The van der Waals surface area contributed by atoms with Gasteiger partial charge >= 0.3 is 6.09 Å². The second-order valence-corrected chi connectivity index (χ2v) is 6.91. The molecule has 1 heterocycles. The van der Waals surface area contributed by atoms with Crippen LogP contribution in [0.25, 0.3) is 0 Å². The molecule has 1 aliphatic carbocycles. The van der Waals surface area contributed by atoms with Crippen LogP contribution in [0, 0.1) is 5.41 Å². The largest absolute Gasteiger partial charge is 0.450 e. The second-order valence-electron chi connectivity index (χ2n) is 6.91. The summed E-state index contributed by atoms with van der Waals surface area (Å²) in [5.41, 5.74) is 0.413. The predicted molar refractivity (Wildman–Crippen MR) is 80.8 cm³/mol. The summed E-state index contributed by atoms with van der Waals surface area (Å²) in [6.07, 6.45) is 7.28. The number of carbonyl (C=O) groups is 1. The van der Waals surface area contributed by atoms with Crippen LogP contribution in [0.15, 0.2) is 0 Å². The highest BCUT2D eigenvalue weighted by Gasteiger charge is 2.34. The van der Waals surface area contributed by atoms with Gasteiger partial charge in [-0.05, 0) is 38.0 Å². The minimum absolute atomic E-state index is 0.149. The van der Waals surface area contributed by atoms with Gasteiger partial charge in [0.25, 0.3) is 0 Å². The van der Waals surface area contributed by atoms with Crippen molar-refractivity contribution >= 4 is 6.09 Å². The standard InChI is InChI=1S/C16H30N2O2/c1-4-20-15(19)18-11-8-13(9-12-18)17-14-7-5-6-10-16(14,2)3/h13-14,17H,4-12H2,1-3H3. The lowest BCUT2D eigenvalue weighted by atomic mass is 9.73. The first-order chi connectivity index (χ1) is 9.53. The maximum atomic E-state index is 11.7. The highest BCUT2D eigenvalue weighted by Crippen LogP contribution is 2.36. The van der Waals surface area contributed by atoms with Crippen LogP contribution in [-0.4, -0.2) is 42.8 Å². The molecule has 1 saturated heterocycles. The van der Waals surface area contributed by atoms with Crippen LogP contribution >= 0.6 is 0 Å². The maximum Gasteiger partial charge on any atom is 0.409 e. The molecule has 1 amide bonds. The zero-order valence-corrected chi connectivity index (χ0v) is 13.3. The zero-order chi connectivity index (χ0) is 14.6. The van der Waals surface area contributed by atoms with Gasteiger partial charge in [-0.1, -0.05) is 26.7 Å². The average Bonchev–Trinajstić information content (AvgIpc) is 2.42. The highest BCUT2D eigenvalue weighted by molar-refractivity contribution is 5.67. The van der Waals surface area contributed by atoms with Gasteiger partial charge in [-0.15, -0.1) is 0 Å². The first-order valence-corrected chi connectivity index (χ1v) is 8.20. The van der Waals surface area contributed by atoms with Gasteiger partial charge in [0.15, 0.2) is 0 Å². The maximum absolute atomic E-state index is 11.7. The first-order valence-electron chi connectivity index (χ1n) is 8.20. The van der Waals surface area contributed by atoms with Crippen LogP contribution in [-0.2, 0) is 4.74 Å². The molecule has 1 unspecified atom stereocenters. The van der Waals surface area contributed by atoms with E-state index in [-0.39, 0.29) is 6.09 Å². The lowest BCUT2D eigenvalue weighted by Gasteiger charge is -2.43. The van der Waals surface area contributed by atoms with Crippen molar-refractivity contribution in [3.63, 3.8) is 0 Å². The van der Waals surface area contributed by atoms with Crippen molar-refractivity contribution in [1.82, 2.24) is 10.2 Å². The SMILES string of the molecule is CCOC(=O)N1CCC(NC2CCCCC2(C)C)CC1. The number of piperidine rings is 1. The summed E-state index contributed by atoms with van der Waals surface area (Å²) in [6.45, 7) is 8.74. The number of nitrogens with zero attached hydrogens (tertiary/aromatic N) is 1. The Labute approximate surface area is 123 Å². The minimum atomic E-state index is -0.149. The number of likely N-dealkylation sites (tertiary alicyclic amines) is 1. The van der Waals surface area contributed by atoms with Gasteiger partial charge < -0.3 is 15.0 Å². The molecule has 1 atom stereocenters. The molecule has 0 radical (unpaired) electrons. The van der Waals surface area contributed by atoms with Crippen molar-refractivity contribution in [3.05, 3.63) is 0 Å². The molecule has 2 fully saturated rings. The lowest BCUT2D eigenvalue weighted by molar-refractivity contribution is 0.0875. The predicted octanol–water partition coefficient (Wildman–Crippen LogP) is 3.17. The topological polar surface area (TPSA) is 41.6 Å². The van der Waals surface area contributed by atoms with E-state index in [1.165, 1.54) is 25.7 Å². The zero-order valence-electron chi connectivity index (χ0n) is 13.3. The van der Waals surface area contributed by atoms with Crippen LogP contribution in [0.4, 0.5) is 4.79 Å². The van der Waals surface area contributed by atoms with Crippen LogP contribution in [0.5, 0.6) is 0 Å². The Hall–Kier alpha value is -0.770. The van der Waals surface area contributed by atoms with Crippen molar-refractivity contribution in [2.24, 2.45) is 5.41 Å². The number of hydrogen-bond acceptors (Lipinski definition) is 3. The molecule has 116 valence electrons. The summed E-state index contributed by atoms with van der Waals surface area (Å²) in [4.78, 5) is 13.5. The molecule has 0 aromatic rings. The number of amides is 1. The molecule has 0 spiro atoms. The van der Waals surface area contributed by atoms with E-state index in [9.17, 15) is 4.79 Å². The Morgan fingerprint density at radius 2 is 1.95 bits per heavy atom. The first kappa shape index (κ1) is 15.6. The number of hydrogen-bond donors (Lipinski definition) is 1. The minimum Gasteiger partial charge on any atom is -0.450 e. The fourth-order valence-electron chi connectivity index (χ4n) is 3.53.